The standard InChI is InChI=1S/C14H17Cl3N2/c1-3-4-5-9(2)19-13-7-11(17)10(16)6-12(13)18-14(19)8-15/h6-7,9H,3-5,8H2,1-2H3. The Morgan fingerprint density at radius 3 is 2.58 bits per heavy atom. The molecule has 0 aliphatic heterocycles. The van der Waals surface area contributed by atoms with Crippen molar-refractivity contribution in [3.63, 3.8) is 0 Å². The number of fused-ring (bicyclic) bond motifs is 1. The van der Waals surface area contributed by atoms with Gasteiger partial charge in [0.05, 0.1) is 27.0 Å². The van der Waals surface area contributed by atoms with E-state index < -0.39 is 0 Å². The highest BCUT2D eigenvalue weighted by Crippen LogP contribution is 2.31. The second kappa shape index (κ2) is 6.34. The third-order valence-corrected chi connectivity index (χ3v) is 4.30. The highest BCUT2D eigenvalue weighted by Gasteiger charge is 2.16. The molecule has 0 bridgehead atoms. The number of aromatic nitrogens is 2. The average molecular weight is 320 g/mol. The lowest BCUT2D eigenvalue weighted by Crippen LogP contribution is -2.08. The number of halogens is 3. The van der Waals surface area contributed by atoms with Crippen molar-refractivity contribution in [1.29, 1.82) is 0 Å². The molecule has 0 aliphatic rings. The van der Waals surface area contributed by atoms with Gasteiger partial charge in [0.1, 0.15) is 5.82 Å². The lowest BCUT2D eigenvalue weighted by molar-refractivity contribution is 0.485. The fourth-order valence-electron chi connectivity index (χ4n) is 2.36. The molecule has 5 heteroatoms. The van der Waals surface area contributed by atoms with Crippen LogP contribution in [0.5, 0.6) is 0 Å². The van der Waals surface area contributed by atoms with E-state index in [-0.39, 0.29) is 0 Å². The maximum atomic E-state index is 6.12. The van der Waals surface area contributed by atoms with Gasteiger partial charge in [-0.15, -0.1) is 11.6 Å². The van der Waals surface area contributed by atoms with Crippen molar-refractivity contribution >= 4 is 45.8 Å². The van der Waals surface area contributed by atoms with Crippen LogP contribution in [-0.2, 0) is 5.88 Å². The first kappa shape index (κ1) is 15.0. The summed E-state index contributed by atoms with van der Waals surface area (Å²) < 4.78 is 2.18. The average Bonchev–Trinajstić information content (AvgIpc) is 2.74. The molecule has 1 atom stereocenters. The van der Waals surface area contributed by atoms with E-state index in [0.717, 1.165) is 23.3 Å². The first-order valence-corrected chi connectivity index (χ1v) is 7.79. The smallest absolute Gasteiger partial charge is 0.125 e. The van der Waals surface area contributed by atoms with Gasteiger partial charge in [-0.25, -0.2) is 4.98 Å². The predicted octanol–water partition coefficient (Wildman–Crippen LogP) is 5.83. The van der Waals surface area contributed by atoms with Gasteiger partial charge in [-0.2, -0.15) is 0 Å². The van der Waals surface area contributed by atoms with Gasteiger partial charge < -0.3 is 4.57 Å². The van der Waals surface area contributed by atoms with Crippen molar-refractivity contribution in [2.75, 3.05) is 0 Å². The lowest BCUT2D eigenvalue weighted by atomic mass is 10.1. The van der Waals surface area contributed by atoms with Gasteiger partial charge in [0.2, 0.25) is 0 Å². The Hall–Kier alpha value is -0.440. The monoisotopic (exact) mass is 318 g/mol. The molecule has 2 rings (SSSR count). The van der Waals surface area contributed by atoms with Crippen LogP contribution in [0.1, 0.15) is 45.0 Å². The molecular formula is C14H17Cl3N2. The third kappa shape index (κ3) is 3.01. The molecule has 1 aromatic heterocycles. The van der Waals surface area contributed by atoms with Crippen molar-refractivity contribution in [3.8, 4) is 0 Å². The SMILES string of the molecule is CCCCC(C)n1c(CCl)nc2cc(Cl)c(Cl)cc21. The zero-order valence-corrected chi connectivity index (χ0v) is 13.4. The largest absolute Gasteiger partial charge is 0.324 e. The number of rotatable bonds is 5. The summed E-state index contributed by atoms with van der Waals surface area (Å²) in [6.07, 6.45) is 3.47. The quantitative estimate of drug-likeness (QED) is 0.634. The van der Waals surface area contributed by atoms with Gasteiger partial charge >= 0.3 is 0 Å². The van der Waals surface area contributed by atoms with Crippen molar-refractivity contribution in [3.05, 3.63) is 28.0 Å². The Labute approximate surface area is 128 Å². The van der Waals surface area contributed by atoms with Crippen LogP contribution in [0.3, 0.4) is 0 Å². The van der Waals surface area contributed by atoms with E-state index in [4.69, 9.17) is 34.8 Å². The fourth-order valence-corrected chi connectivity index (χ4v) is 2.86. The summed E-state index contributed by atoms with van der Waals surface area (Å²) in [7, 11) is 0. The molecule has 0 radical (unpaired) electrons. The molecule has 1 aromatic carbocycles. The van der Waals surface area contributed by atoms with Crippen LogP contribution in [0.4, 0.5) is 0 Å². The van der Waals surface area contributed by atoms with Gasteiger partial charge in [-0.3, -0.25) is 0 Å². The van der Waals surface area contributed by atoms with Crippen LogP contribution in [0, 0.1) is 0 Å². The number of benzene rings is 1. The zero-order valence-electron chi connectivity index (χ0n) is 11.1. The van der Waals surface area contributed by atoms with Crippen LogP contribution in [0.2, 0.25) is 10.0 Å². The Balaban J connectivity index is 2.53. The van der Waals surface area contributed by atoms with E-state index in [0.29, 0.717) is 22.0 Å². The van der Waals surface area contributed by atoms with E-state index in [1.165, 1.54) is 12.8 Å². The maximum Gasteiger partial charge on any atom is 0.125 e. The molecule has 0 spiro atoms. The van der Waals surface area contributed by atoms with Gasteiger partial charge in [-0.1, -0.05) is 43.0 Å². The molecule has 104 valence electrons. The lowest BCUT2D eigenvalue weighted by Gasteiger charge is -2.16. The Morgan fingerprint density at radius 1 is 1.26 bits per heavy atom. The van der Waals surface area contributed by atoms with E-state index in [9.17, 15) is 0 Å². The Bertz CT molecular complexity index is 578. The molecule has 0 fully saturated rings. The Kier molecular flexibility index (Phi) is 4.99. The van der Waals surface area contributed by atoms with E-state index in [1.807, 2.05) is 6.07 Å². The normalized spacial score (nSPS) is 13.1. The summed E-state index contributed by atoms with van der Waals surface area (Å²) in [5.74, 6) is 1.26. The molecular weight excluding hydrogens is 303 g/mol. The van der Waals surface area contributed by atoms with Crippen LogP contribution in [0.15, 0.2) is 12.1 Å². The molecule has 0 amide bonds. The minimum absolute atomic E-state index is 0.357. The molecule has 1 unspecified atom stereocenters. The van der Waals surface area contributed by atoms with Crippen molar-refractivity contribution in [2.45, 2.75) is 45.0 Å². The molecule has 0 aliphatic carbocycles. The second-order valence-corrected chi connectivity index (χ2v) is 5.86. The number of nitrogens with zero attached hydrogens (tertiary/aromatic N) is 2. The highest BCUT2D eigenvalue weighted by molar-refractivity contribution is 6.42. The zero-order chi connectivity index (χ0) is 14.0. The van der Waals surface area contributed by atoms with Crippen molar-refractivity contribution in [1.82, 2.24) is 9.55 Å². The van der Waals surface area contributed by atoms with Crippen LogP contribution < -0.4 is 0 Å². The number of unbranched alkanes of at least 4 members (excludes halogenated alkanes) is 1. The summed E-state index contributed by atoms with van der Waals surface area (Å²) >= 11 is 18.2. The predicted molar refractivity (Wildman–Crippen MR) is 83.5 cm³/mol. The van der Waals surface area contributed by atoms with Crippen molar-refractivity contribution in [2.24, 2.45) is 0 Å². The van der Waals surface area contributed by atoms with Gasteiger partial charge in [0.15, 0.2) is 0 Å². The number of hydrogen-bond acceptors (Lipinski definition) is 1. The first-order chi connectivity index (χ1) is 9.08. The Morgan fingerprint density at radius 2 is 1.95 bits per heavy atom. The van der Waals surface area contributed by atoms with Crippen LogP contribution in [-0.4, -0.2) is 9.55 Å². The minimum Gasteiger partial charge on any atom is -0.324 e. The van der Waals surface area contributed by atoms with Crippen molar-refractivity contribution < 1.29 is 0 Å². The highest BCUT2D eigenvalue weighted by atomic mass is 35.5. The molecule has 2 aromatic rings. The topological polar surface area (TPSA) is 17.8 Å². The summed E-state index contributed by atoms with van der Waals surface area (Å²) in [5.41, 5.74) is 1.86. The van der Waals surface area contributed by atoms with Crippen LogP contribution in [0.25, 0.3) is 11.0 Å². The first-order valence-electron chi connectivity index (χ1n) is 6.50. The molecule has 0 N–H and O–H groups in total. The van der Waals surface area contributed by atoms with Gasteiger partial charge in [0.25, 0.3) is 0 Å². The number of alkyl halides is 1. The van der Waals surface area contributed by atoms with E-state index in [1.54, 1.807) is 6.07 Å². The fraction of sp³-hybridized carbons (Fsp3) is 0.500. The molecule has 0 saturated carbocycles. The second-order valence-electron chi connectivity index (χ2n) is 4.78. The van der Waals surface area contributed by atoms with Gasteiger partial charge in [0, 0.05) is 6.04 Å². The molecule has 2 nitrogen and oxygen atoms in total. The van der Waals surface area contributed by atoms with Crippen LogP contribution >= 0.6 is 34.8 Å². The molecule has 0 saturated heterocycles. The summed E-state index contributed by atoms with van der Waals surface area (Å²) in [4.78, 5) is 4.55. The maximum absolute atomic E-state index is 6.12. The summed E-state index contributed by atoms with van der Waals surface area (Å²) in [6, 6.07) is 4.04. The number of imidazole rings is 1. The van der Waals surface area contributed by atoms with E-state index in [2.05, 4.69) is 23.4 Å². The summed E-state index contributed by atoms with van der Waals surface area (Å²) in [5, 5.41) is 1.08. The third-order valence-electron chi connectivity index (χ3n) is 3.34. The minimum atomic E-state index is 0.357. The molecule has 1 heterocycles. The van der Waals surface area contributed by atoms with Gasteiger partial charge in [-0.05, 0) is 25.5 Å². The molecule has 19 heavy (non-hydrogen) atoms. The van der Waals surface area contributed by atoms with E-state index >= 15 is 0 Å². The summed E-state index contributed by atoms with van der Waals surface area (Å²) in [6.45, 7) is 4.38. The number of hydrogen-bond donors (Lipinski definition) is 0.